The molecule has 2 saturated carbocycles. The lowest BCUT2D eigenvalue weighted by molar-refractivity contribution is -0.124. The zero-order chi connectivity index (χ0) is 13.6. The van der Waals surface area contributed by atoms with Crippen LogP contribution in [0.15, 0.2) is 24.3 Å². The molecular formula is C16H22N2O. The van der Waals surface area contributed by atoms with Crippen molar-refractivity contribution in [2.45, 2.75) is 32.2 Å². The Kier molecular flexibility index (Phi) is 3.09. The molecule has 1 aromatic rings. The predicted molar refractivity (Wildman–Crippen MR) is 76.9 cm³/mol. The third kappa shape index (κ3) is 1.96. The first-order chi connectivity index (χ1) is 9.09. The van der Waals surface area contributed by atoms with Crippen LogP contribution in [0.1, 0.15) is 24.8 Å². The van der Waals surface area contributed by atoms with Gasteiger partial charge in [-0.25, -0.2) is 0 Å². The highest BCUT2D eigenvalue weighted by Gasteiger charge is 2.49. The van der Waals surface area contributed by atoms with E-state index in [4.69, 9.17) is 5.73 Å². The number of fused-ring (bicyclic) bond motifs is 2. The molecule has 0 heterocycles. The highest BCUT2D eigenvalue weighted by atomic mass is 16.2. The number of carbonyl (C=O) groups excluding carboxylic acids is 1. The number of nitrogens with zero attached hydrogens (tertiary/aromatic N) is 1. The molecule has 2 fully saturated rings. The van der Waals surface area contributed by atoms with Crippen LogP contribution >= 0.6 is 0 Å². The molecule has 0 saturated heterocycles. The van der Waals surface area contributed by atoms with Crippen molar-refractivity contribution in [3.63, 3.8) is 0 Å². The Bertz CT molecular complexity index is 497. The van der Waals surface area contributed by atoms with Gasteiger partial charge in [-0.3, -0.25) is 4.79 Å². The van der Waals surface area contributed by atoms with E-state index >= 15 is 0 Å². The van der Waals surface area contributed by atoms with Crippen LogP contribution in [0.5, 0.6) is 0 Å². The smallest absolute Gasteiger partial charge is 0.231 e. The maximum absolute atomic E-state index is 12.7. The van der Waals surface area contributed by atoms with Gasteiger partial charge in [-0.2, -0.15) is 0 Å². The molecule has 4 unspecified atom stereocenters. The van der Waals surface area contributed by atoms with Gasteiger partial charge in [0.25, 0.3) is 0 Å². The van der Waals surface area contributed by atoms with E-state index in [1.165, 1.54) is 12.8 Å². The van der Waals surface area contributed by atoms with Gasteiger partial charge in [0.05, 0.1) is 5.92 Å². The summed E-state index contributed by atoms with van der Waals surface area (Å²) in [5, 5.41) is 0. The number of rotatable bonds is 2. The van der Waals surface area contributed by atoms with Gasteiger partial charge in [-0.15, -0.1) is 0 Å². The Morgan fingerprint density at radius 2 is 1.95 bits per heavy atom. The van der Waals surface area contributed by atoms with E-state index in [1.807, 2.05) is 38.2 Å². The van der Waals surface area contributed by atoms with E-state index in [1.54, 1.807) is 4.90 Å². The van der Waals surface area contributed by atoms with Gasteiger partial charge in [-0.05, 0) is 49.7 Å². The second kappa shape index (κ2) is 4.64. The maximum atomic E-state index is 12.7. The fraction of sp³-hybridized carbons (Fsp3) is 0.562. The minimum absolute atomic E-state index is 0.0309. The number of amides is 1. The molecule has 0 aromatic heterocycles. The Balaban J connectivity index is 1.83. The number of benzene rings is 1. The summed E-state index contributed by atoms with van der Waals surface area (Å²) in [6.07, 6.45) is 3.54. The highest BCUT2D eigenvalue weighted by molar-refractivity contribution is 5.96. The highest BCUT2D eigenvalue weighted by Crippen LogP contribution is 2.48. The van der Waals surface area contributed by atoms with Crippen LogP contribution in [-0.2, 0) is 4.79 Å². The molecule has 2 aliphatic rings. The number of hydrogen-bond donors (Lipinski definition) is 1. The Hall–Kier alpha value is -1.35. The van der Waals surface area contributed by atoms with Gasteiger partial charge in [0.2, 0.25) is 5.91 Å². The summed E-state index contributed by atoms with van der Waals surface area (Å²) in [5.74, 6) is 1.32. The first-order valence-corrected chi connectivity index (χ1v) is 7.18. The lowest BCUT2D eigenvalue weighted by Gasteiger charge is -2.31. The van der Waals surface area contributed by atoms with Gasteiger partial charge in [0, 0.05) is 18.8 Å². The number of hydrogen-bond acceptors (Lipinski definition) is 2. The number of aryl methyl sites for hydroxylation is 1. The van der Waals surface area contributed by atoms with E-state index in [-0.39, 0.29) is 17.9 Å². The summed E-state index contributed by atoms with van der Waals surface area (Å²) in [6.45, 7) is 2.04. The fourth-order valence-electron chi connectivity index (χ4n) is 3.98. The monoisotopic (exact) mass is 258 g/mol. The van der Waals surface area contributed by atoms with Crippen LogP contribution in [0.2, 0.25) is 0 Å². The molecule has 102 valence electrons. The van der Waals surface area contributed by atoms with Crippen LogP contribution in [0.4, 0.5) is 5.69 Å². The zero-order valence-corrected chi connectivity index (χ0v) is 11.7. The quantitative estimate of drug-likeness (QED) is 0.885. The summed E-state index contributed by atoms with van der Waals surface area (Å²) in [6, 6.07) is 8.09. The molecule has 19 heavy (non-hydrogen) atoms. The largest absolute Gasteiger partial charge is 0.327 e. The van der Waals surface area contributed by atoms with Crippen molar-refractivity contribution >= 4 is 11.6 Å². The molecular weight excluding hydrogens is 236 g/mol. The third-order valence-corrected chi connectivity index (χ3v) is 5.07. The van der Waals surface area contributed by atoms with Gasteiger partial charge >= 0.3 is 0 Å². The molecule has 1 aromatic carbocycles. The average Bonchev–Trinajstić information content (AvgIpc) is 2.98. The number of nitrogens with two attached hydrogens (primary N) is 1. The molecule has 4 atom stereocenters. The molecule has 2 bridgehead atoms. The van der Waals surface area contributed by atoms with E-state index in [0.29, 0.717) is 11.8 Å². The van der Waals surface area contributed by atoms with Gasteiger partial charge in [-0.1, -0.05) is 18.2 Å². The molecule has 3 rings (SSSR count). The summed E-state index contributed by atoms with van der Waals surface area (Å²) in [4.78, 5) is 14.6. The summed E-state index contributed by atoms with van der Waals surface area (Å²) in [7, 11) is 1.88. The van der Waals surface area contributed by atoms with Crippen molar-refractivity contribution in [1.29, 1.82) is 0 Å². The first-order valence-electron chi connectivity index (χ1n) is 7.18. The van der Waals surface area contributed by atoms with Crippen molar-refractivity contribution < 1.29 is 4.79 Å². The molecule has 2 N–H and O–H groups in total. The van der Waals surface area contributed by atoms with Crippen molar-refractivity contribution in [2.75, 3.05) is 11.9 Å². The van der Waals surface area contributed by atoms with Gasteiger partial charge in [0.15, 0.2) is 0 Å². The second-order valence-electron chi connectivity index (χ2n) is 6.12. The predicted octanol–water partition coefficient (Wildman–Crippen LogP) is 2.33. The van der Waals surface area contributed by atoms with Crippen LogP contribution in [0.3, 0.4) is 0 Å². The fourth-order valence-corrected chi connectivity index (χ4v) is 3.98. The Morgan fingerprint density at radius 3 is 2.58 bits per heavy atom. The van der Waals surface area contributed by atoms with E-state index in [9.17, 15) is 4.79 Å². The normalized spacial score (nSPS) is 32.6. The molecule has 0 aliphatic heterocycles. The Morgan fingerprint density at radius 1 is 1.26 bits per heavy atom. The topological polar surface area (TPSA) is 46.3 Å². The van der Waals surface area contributed by atoms with Crippen LogP contribution in [-0.4, -0.2) is 19.0 Å². The molecule has 1 amide bonds. The zero-order valence-electron chi connectivity index (χ0n) is 11.7. The van der Waals surface area contributed by atoms with Crippen molar-refractivity contribution in [3.05, 3.63) is 29.8 Å². The molecule has 0 radical (unpaired) electrons. The number of carbonyl (C=O) groups is 1. The Labute approximate surface area is 114 Å². The summed E-state index contributed by atoms with van der Waals surface area (Å²) >= 11 is 0. The van der Waals surface area contributed by atoms with Gasteiger partial charge < -0.3 is 10.6 Å². The van der Waals surface area contributed by atoms with Crippen molar-refractivity contribution in [1.82, 2.24) is 0 Å². The van der Waals surface area contributed by atoms with E-state index in [2.05, 4.69) is 0 Å². The first kappa shape index (κ1) is 12.7. The van der Waals surface area contributed by atoms with E-state index < -0.39 is 0 Å². The SMILES string of the molecule is Cc1ccccc1N(C)C(=O)C1C2CCC(C2)C1N. The summed E-state index contributed by atoms with van der Waals surface area (Å²) in [5.41, 5.74) is 8.41. The van der Waals surface area contributed by atoms with E-state index in [0.717, 1.165) is 17.7 Å². The number of anilines is 1. The minimum Gasteiger partial charge on any atom is -0.327 e. The molecule has 2 aliphatic carbocycles. The molecule has 3 heteroatoms. The lowest BCUT2D eigenvalue weighted by atomic mass is 9.84. The van der Waals surface area contributed by atoms with Crippen LogP contribution in [0, 0.1) is 24.7 Å². The second-order valence-corrected chi connectivity index (χ2v) is 6.12. The number of para-hydroxylation sites is 1. The molecule has 3 nitrogen and oxygen atoms in total. The maximum Gasteiger partial charge on any atom is 0.231 e. The van der Waals surface area contributed by atoms with Crippen molar-refractivity contribution in [3.8, 4) is 0 Å². The van der Waals surface area contributed by atoms with Crippen LogP contribution in [0.25, 0.3) is 0 Å². The molecule has 0 spiro atoms. The van der Waals surface area contributed by atoms with Crippen molar-refractivity contribution in [2.24, 2.45) is 23.5 Å². The minimum atomic E-state index is 0.0309. The lowest BCUT2D eigenvalue weighted by Crippen LogP contribution is -2.46. The average molecular weight is 258 g/mol. The van der Waals surface area contributed by atoms with Gasteiger partial charge in [0.1, 0.15) is 0 Å². The van der Waals surface area contributed by atoms with Crippen LogP contribution < -0.4 is 10.6 Å². The summed E-state index contributed by atoms with van der Waals surface area (Å²) < 4.78 is 0. The standard InChI is InChI=1S/C16H22N2O/c1-10-5-3-4-6-13(10)18(2)16(19)14-11-7-8-12(9-11)15(14)17/h3-6,11-12,14-15H,7-9,17H2,1-2H3. The third-order valence-electron chi connectivity index (χ3n) is 5.07.